The van der Waals surface area contributed by atoms with E-state index >= 15 is 0 Å². The first kappa shape index (κ1) is 17.1. The SMILES string of the molecule is O=C(CCC1CCN(C(=O)c2cc3cc(F)ccc3[nH]2)CC1)NC1CC1. The summed E-state index contributed by atoms with van der Waals surface area (Å²) in [4.78, 5) is 29.4. The molecule has 138 valence electrons. The van der Waals surface area contributed by atoms with Gasteiger partial charge >= 0.3 is 0 Å². The van der Waals surface area contributed by atoms with Crippen LogP contribution in [0.25, 0.3) is 10.9 Å². The molecule has 26 heavy (non-hydrogen) atoms. The van der Waals surface area contributed by atoms with Crippen LogP contribution in [0.2, 0.25) is 0 Å². The number of aromatic amines is 1. The molecule has 0 unspecified atom stereocenters. The normalized spacial score (nSPS) is 18.3. The number of carbonyl (C=O) groups excluding carboxylic acids is 2. The molecule has 2 N–H and O–H groups in total. The second kappa shape index (κ2) is 7.09. The number of hydrogen-bond donors (Lipinski definition) is 2. The summed E-state index contributed by atoms with van der Waals surface area (Å²) < 4.78 is 13.3. The first-order valence-electron chi connectivity index (χ1n) is 9.45. The first-order valence-corrected chi connectivity index (χ1v) is 9.45. The topological polar surface area (TPSA) is 65.2 Å². The number of carbonyl (C=O) groups is 2. The second-order valence-corrected chi connectivity index (χ2v) is 7.53. The Balaban J connectivity index is 1.29. The van der Waals surface area contributed by atoms with Crippen molar-refractivity contribution in [2.45, 2.75) is 44.6 Å². The van der Waals surface area contributed by atoms with Gasteiger partial charge in [0.1, 0.15) is 11.5 Å². The summed E-state index contributed by atoms with van der Waals surface area (Å²) >= 11 is 0. The monoisotopic (exact) mass is 357 g/mol. The minimum atomic E-state index is -0.304. The summed E-state index contributed by atoms with van der Waals surface area (Å²) in [5, 5.41) is 3.74. The van der Waals surface area contributed by atoms with Crippen molar-refractivity contribution < 1.29 is 14.0 Å². The van der Waals surface area contributed by atoms with E-state index in [1.807, 2.05) is 4.90 Å². The summed E-state index contributed by atoms with van der Waals surface area (Å²) in [6.45, 7) is 1.41. The smallest absolute Gasteiger partial charge is 0.270 e. The molecule has 1 saturated heterocycles. The largest absolute Gasteiger partial charge is 0.353 e. The van der Waals surface area contributed by atoms with Gasteiger partial charge in [-0.2, -0.15) is 0 Å². The highest BCUT2D eigenvalue weighted by atomic mass is 19.1. The van der Waals surface area contributed by atoms with E-state index in [-0.39, 0.29) is 17.6 Å². The fraction of sp³-hybridized carbons (Fsp3) is 0.500. The van der Waals surface area contributed by atoms with Gasteiger partial charge in [-0.15, -0.1) is 0 Å². The fourth-order valence-corrected chi connectivity index (χ4v) is 3.68. The zero-order chi connectivity index (χ0) is 18.1. The number of nitrogens with zero attached hydrogens (tertiary/aromatic N) is 1. The number of rotatable bonds is 5. The Kier molecular flexibility index (Phi) is 4.66. The predicted octanol–water partition coefficient (Wildman–Crippen LogP) is 3.22. The van der Waals surface area contributed by atoms with Crippen LogP contribution in [0.1, 0.15) is 49.0 Å². The van der Waals surface area contributed by atoms with Crippen LogP contribution in [-0.2, 0) is 4.79 Å². The number of hydrogen-bond acceptors (Lipinski definition) is 2. The molecule has 0 spiro atoms. The number of halogens is 1. The van der Waals surface area contributed by atoms with Crippen molar-refractivity contribution in [2.75, 3.05) is 13.1 Å². The number of benzene rings is 1. The van der Waals surface area contributed by atoms with Gasteiger partial charge in [-0.3, -0.25) is 9.59 Å². The average Bonchev–Trinajstić information content (AvgIpc) is 3.35. The van der Waals surface area contributed by atoms with Crippen LogP contribution >= 0.6 is 0 Å². The van der Waals surface area contributed by atoms with Crippen molar-refractivity contribution in [1.29, 1.82) is 0 Å². The molecule has 0 radical (unpaired) electrons. The lowest BCUT2D eigenvalue weighted by Crippen LogP contribution is -2.39. The molecule has 2 aromatic rings. The van der Waals surface area contributed by atoms with Gasteiger partial charge in [0, 0.05) is 36.5 Å². The fourth-order valence-electron chi connectivity index (χ4n) is 3.68. The van der Waals surface area contributed by atoms with Crippen LogP contribution in [0.4, 0.5) is 4.39 Å². The highest BCUT2D eigenvalue weighted by molar-refractivity contribution is 5.98. The number of H-pyrrole nitrogens is 1. The molecule has 1 saturated carbocycles. The summed E-state index contributed by atoms with van der Waals surface area (Å²) in [7, 11) is 0. The Bertz CT molecular complexity index is 820. The van der Waals surface area contributed by atoms with E-state index in [0.29, 0.717) is 42.6 Å². The minimum Gasteiger partial charge on any atom is -0.353 e. The molecule has 2 amide bonds. The Morgan fingerprint density at radius 2 is 1.92 bits per heavy atom. The van der Waals surface area contributed by atoms with Crippen LogP contribution in [0.15, 0.2) is 24.3 Å². The summed E-state index contributed by atoms with van der Waals surface area (Å²) in [5.41, 5.74) is 1.28. The zero-order valence-corrected chi connectivity index (χ0v) is 14.8. The quantitative estimate of drug-likeness (QED) is 0.863. The van der Waals surface area contributed by atoms with E-state index < -0.39 is 0 Å². The Morgan fingerprint density at radius 3 is 2.65 bits per heavy atom. The van der Waals surface area contributed by atoms with Crippen molar-refractivity contribution >= 4 is 22.7 Å². The molecule has 1 aromatic carbocycles. The zero-order valence-electron chi connectivity index (χ0n) is 14.8. The molecular weight excluding hydrogens is 333 g/mol. The maximum absolute atomic E-state index is 13.3. The van der Waals surface area contributed by atoms with Crippen LogP contribution in [0.3, 0.4) is 0 Å². The number of aromatic nitrogens is 1. The number of likely N-dealkylation sites (tertiary alicyclic amines) is 1. The molecule has 1 aliphatic heterocycles. The Hall–Kier alpha value is -2.37. The standard InChI is InChI=1S/C20H24FN3O2/c21-15-2-5-17-14(11-15)12-18(23-17)20(26)24-9-7-13(8-10-24)1-6-19(25)22-16-3-4-16/h2,5,11-13,16,23H,1,3-4,6-10H2,(H,22,25). The lowest BCUT2D eigenvalue weighted by Gasteiger charge is -2.31. The lowest BCUT2D eigenvalue weighted by atomic mass is 9.92. The Morgan fingerprint density at radius 1 is 1.15 bits per heavy atom. The lowest BCUT2D eigenvalue weighted by molar-refractivity contribution is -0.121. The van der Waals surface area contributed by atoms with Gasteiger partial charge < -0.3 is 15.2 Å². The van der Waals surface area contributed by atoms with E-state index in [1.165, 1.54) is 12.1 Å². The minimum absolute atomic E-state index is 0.0356. The van der Waals surface area contributed by atoms with Gasteiger partial charge in [0.25, 0.3) is 5.91 Å². The van der Waals surface area contributed by atoms with Gasteiger partial charge in [0.05, 0.1) is 0 Å². The first-order chi connectivity index (χ1) is 12.6. The molecule has 4 rings (SSSR count). The molecule has 2 aliphatic rings. The maximum Gasteiger partial charge on any atom is 0.270 e. The third-order valence-corrected chi connectivity index (χ3v) is 5.44. The highest BCUT2D eigenvalue weighted by Gasteiger charge is 2.26. The maximum atomic E-state index is 13.3. The predicted molar refractivity (Wildman–Crippen MR) is 97.3 cm³/mol. The third kappa shape index (κ3) is 3.89. The highest BCUT2D eigenvalue weighted by Crippen LogP contribution is 2.25. The van der Waals surface area contributed by atoms with Crippen molar-refractivity contribution in [3.63, 3.8) is 0 Å². The molecule has 2 heterocycles. The number of fused-ring (bicyclic) bond motifs is 1. The number of piperidine rings is 1. The summed E-state index contributed by atoms with van der Waals surface area (Å²) in [5.74, 6) is 0.325. The number of nitrogens with one attached hydrogen (secondary N) is 2. The van der Waals surface area contributed by atoms with Gasteiger partial charge in [0.2, 0.25) is 5.91 Å². The van der Waals surface area contributed by atoms with Crippen LogP contribution in [0.5, 0.6) is 0 Å². The van der Waals surface area contributed by atoms with Crippen LogP contribution in [0, 0.1) is 11.7 Å². The van der Waals surface area contributed by atoms with Crippen molar-refractivity contribution in [2.24, 2.45) is 5.92 Å². The van der Waals surface area contributed by atoms with E-state index in [1.54, 1.807) is 12.1 Å². The molecule has 1 aliphatic carbocycles. The van der Waals surface area contributed by atoms with Crippen molar-refractivity contribution in [3.8, 4) is 0 Å². The van der Waals surface area contributed by atoms with E-state index in [0.717, 1.165) is 37.6 Å². The second-order valence-electron chi connectivity index (χ2n) is 7.53. The van der Waals surface area contributed by atoms with Crippen molar-refractivity contribution in [1.82, 2.24) is 15.2 Å². The van der Waals surface area contributed by atoms with E-state index in [2.05, 4.69) is 10.3 Å². The summed E-state index contributed by atoms with van der Waals surface area (Å²) in [6.07, 6.45) is 5.57. The van der Waals surface area contributed by atoms with E-state index in [9.17, 15) is 14.0 Å². The van der Waals surface area contributed by atoms with Gasteiger partial charge in [-0.25, -0.2) is 4.39 Å². The van der Waals surface area contributed by atoms with Crippen LogP contribution < -0.4 is 5.32 Å². The molecule has 1 aromatic heterocycles. The molecule has 6 heteroatoms. The van der Waals surface area contributed by atoms with Gasteiger partial charge in [-0.05, 0) is 62.3 Å². The van der Waals surface area contributed by atoms with E-state index in [4.69, 9.17) is 0 Å². The molecular formula is C20H24FN3O2. The van der Waals surface area contributed by atoms with Gasteiger partial charge in [0.15, 0.2) is 0 Å². The molecule has 2 fully saturated rings. The average molecular weight is 357 g/mol. The molecule has 5 nitrogen and oxygen atoms in total. The van der Waals surface area contributed by atoms with Gasteiger partial charge in [-0.1, -0.05) is 0 Å². The summed E-state index contributed by atoms with van der Waals surface area (Å²) in [6, 6.07) is 6.61. The number of amides is 2. The molecule has 0 bridgehead atoms. The van der Waals surface area contributed by atoms with Crippen LogP contribution in [-0.4, -0.2) is 40.8 Å². The third-order valence-electron chi connectivity index (χ3n) is 5.44. The molecule has 0 atom stereocenters. The Labute approximate surface area is 151 Å². The van der Waals surface area contributed by atoms with Crippen molar-refractivity contribution in [3.05, 3.63) is 35.8 Å².